The zero-order valence-corrected chi connectivity index (χ0v) is 21.7. The Labute approximate surface area is 211 Å². The molecular weight excluding hydrogens is 454 g/mol. The molecular formula is C28H33N5O3. The number of anilines is 1. The van der Waals surface area contributed by atoms with Gasteiger partial charge in [-0.05, 0) is 76.9 Å². The second-order valence-corrected chi connectivity index (χ2v) is 9.87. The van der Waals surface area contributed by atoms with E-state index in [4.69, 9.17) is 4.42 Å². The zero-order valence-electron chi connectivity index (χ0n) is 21.7. The number of carbonyl (C=O) groups is 2. The lowest BCUT2D eigenvalue weighted by Crippen LogP contribution is -2.51. The van der Waals surface area contributed by atoms with Crippen LogP contribution in [0.1, 0.15) is 55.9 Å². The third-order valence-electron chi connectivity index (χ3n) is 6.47. The van der Waals surface area contributed by atoms with E-state index in [-0.39, 0.29) is 18.4 Å². The van der Waals surface area contributed by atoms with Gasteiger partial charge in [0, 0.05) is 11.2 Å². The summed E-state index contributed by atoms with van der Waals surface area (Å²) in [5, 5.41) is 11.5. The summed E-state index contributed by atoms with van der Waals surface area (Å²) in [6.07, 6.45) is 0.727. The number of nitrogens with zero attached hydrogens (tertiary/aromatic N) is 4. The monoisotopic (exact) mass is 487 g/mol. The summed E-state index contributed by atoms with van der Waals surface area (Å²) < 4.78 is 7.51. The Morgan fingerprint density at radius 3 is 2.50 bits per heavy atom. The number of hydrogen-bond acceptors (Lipinski definition) is 5. The quantitative estimate of drug-likeness (QED) is 0.376. The molecule has 0 aliphatic carbocycles. The second kappa shape index (κ2) is 9.97. The van der Waals surface area contributed by atoms with Crippen molar-refractivity contribution < 1.29 is 14.0 Å². The van der Waals surface area contributed by atoms with Gasteiger partial charge >= 0.3 is 0 Å². The average Bonchev–Trinajstić information content (AvgIpc) is 3.43. The lowest BCUT2D eigenvalue weighted by atomic mass is 10.00. The van der Waals surface area contributed by atoms with Crippen molar-refractivity contribution in [3.05, 3.63) is 77.2 Å². The van der Waals surface area contributed by atoms with E-state index in [1.807, 2.05) is 84.0 Å². The van der Waals surface area contributed by atoms with Crippen molar-refractivity contribution in [2.24, 2.45) is 0 Å². The van der Waals surface area contributed by atoms with Gasteiger partial charge in [-0.3, -0.25) is 14.5 Å². The topological polar surface area (TPSA) is 93.3 Å². The molecule has 1 unspecified atom stereocenters. The highest BCUT2D eigenvalue weighted by molar-refractivity contribution is 6.02. The summed E-state index contributed by atoms with van der Waals surface area (Å²) in [7, 11) is 0. The standard InChI is InChI=1S/C28H33N5O3/c1-7-28(5,6)29-27(35)26(24-15-13-20(4)36-24)33(22-14-12-18(2)16-19(22)3)25(34)17-32-23-11-9-8-10-21(23)30-31-32/h8-16,26H,7,17H2,1-6H3,(H,29,35). The molecule has 188 valence electrons. The number of amides is 2. The molecule has 2 heterocycles. The Bertz CT molecular complexity index is 1400. The van der Waals surface area contributed by atoms with Crippen LogP contribution in [0.4, 0.5) is 5.69 Å². The fourth-order valence-electron chi connectivity index (χ4n) is 4.20. The number of nitrogens with one attached hydrogen (secondary N) is 1. The van der Waals surface area contributed by atoms with E-state index in [9.17, 15) is 9.59 Å². The highest BCUT2D eigenvalue weighted by atomic mass is 16.3. The van der Waals surface area contributed by atoms with E-state index in [0.717, 1.165) is 23.1 Å². The van der Waals surface area contributed by atoms with Gasteiger partial charge in [0.25, 0.3) is 5.91 Å². The summed E-state index contributed by atoms with van der Waals surface area (Å²) in [6.45, 7) is 11.6. The molecule has 0 aliphatic rings. The van der Waals surface area contributed by atoms with E-state index in [0.29, 0.717) is 22.7 Å². The Kier molecular flexibility index (Phi) is 6.97. The number of hydrogen-bond donors (Lipinski definition) is 1. The van der Waals surface area contributed by atoms with E-state index in [1.54, 1.807) is 16.8 Å². The predicted octanol–water partition coefficient (Wildman–Crippen LogP) is 5.03. The molecule has 0 radical (unpaired) electrons. The van der Waals surface area contributed by atoms with Gasteiger partial charge in [-0.2, -0.15) is 0 Å². The first kappa shape index (κ1) is 25.2. The molecule has 0 bridgehead atoms. The summed E-state index contributed by atoms with van der Waals surface area (Å²) in [5.74, 6) is 0.440. The molecule has 0 saturated carbocycles. The number of benzene rings is 2. The van der Waals surface area contributed by atoms with E-state index >= 15 is 0 Å². The van der Waals surface area contributed by atoms with Gasteiger partial charge in [0.2, 0.25) is 5.91 Å². The zero-order chi connectivity index (χ0) is 26.0. The fourth-order valence-corrected chi connectivity index (χ4v) is 4.20. The number of aryl methyl sites for hydroxylation is 3. The lowest BCUT2D eigenvalue weighted by molar-refractivity contribution is -0.128. The van der Waals surface area contributed by atoms with Crippen LogP contribution in [-0.2, 0) is 16.1 Å². The van der Waals surface area contributed by atoms with Crippen LogP contribution in [-0.4, -0.2) is 32.3 Å². The highest BCUT2D eigenvalue weighted by Crippen LogP contribution is 2.33. The molecule has 0 aliphatic heterocycles. The molecule has 0 spiro atoms. The molecule has 2 amide bonds. The fraction of sp³-hybridized carbons (Fsp3) is 0.357. The normalized spacial score (nSPS) is 12.5. The first-order valence-corrected chi connectivity index (χ1v) is 12.2. The van der Waals surface area contributed by atoms with Crippen molar-refractivity contribution in [2.75, 3.05) is 4.90 Å². The van der Waals surface area contributed by atoms with Crippen molar-refractivity contribution in [3.63, 3.8) is 0 Å². The van der Waals surface area contributed by atoms with Gasteiger partial charge in [0.1, 0.15) is 23.6 Å². The molecule has 4 aromatic rings. The third-order valence-corrected chi connectivity index (χ3v) is 6.47. The molecule has 2 aromatic carbocycles. The van der Waals surface area contributed by atoms with Crippen LogP contribution in [0.3, 0.4) is 0 Å². The van der Waals surface area contributed by atoms with Crippen molar-refractivity contribution in [3.8, 4) is 0 Å². The van der Waals surface area contributed by atoms with Gasteiger partial charge in [-0.1, -0.05) is 42.0 Å². The summed E-state index contributed by atoms with van der Waals surface area (Å²) >= 11 is 0. The minimum Gasteiger partial charge on any atom is -0.464 e. The second-order valence-electron chi connectivity index (χ2n) is 9.87. The largest absolute Gasteiger partial charge is 0.464 e. The van der Waals surface area contributed by atoms with Gasteiger partial charge in [-0.25, -0.2) is 4.68 Å². The Morgan fingerprint density at radius 1 is 1.08 bits per heavy atom. The predicted molar refractivity (Wildman–Crippen MR) is 140 cm³/mol. The molecule has 2 aromatic heterocycles. The van der Waals surface area contributed by atoms with Crippen LogP contribution in [0, 0.1) is 20.8 Å². The van der Waals surface area contributed by atoms with E-state index in [2.05, 4.69) is 15.6 Å². The van der Waals surface area contributed by atoms with Crippen LogP contribution in [0.25, 0.3) is 11.0 Å². The molecule has 8 heteroatoms. The Morgan fingerprint density at radius 2 is 1.83 bits per heavy atom. The molecule has 36 heavy (non-hydrogen) atoms. The Balaban J connectivity index is 1.83. The van der Waals surface area contributed by atoms with E-state index < -0.39 is 11.6 Å². The number of fused-ring (bicyclic) bond motifs is 1. The van der Waals surface area contributed by atoms with Crippen molar-refractivity contribution in [1.29, 1.82) is 0 Å². The maximum atomic E-state index is 14.1. The summed E-state index contributed by atoms with van der Waals surface area (Å²) in [4.78, 5) is 29.4. The van der Waals surface area contributed by atoms with Crippen LogP contribution in [0.15, 0.2) is 59.0 Å². The minimum atomic E-state index is -1.01. The molecule has 0 saturated heterocycles. The van der Waals surface area contributed by atoms with Crippen LogP contribution >= 0.6 is 0 Å². The Hall–Kier alpha value is -3.94. The van der Waals surface area contributed by atoms with Crippen molar-refractivity contribution >= 4 is 28.5 Å². The maximum Gasteiger partial charge on any atom is 0.251 e. The molecule has 8 nitrogen and oxygen atoms in total. The van der Waals surface area contributed by atoms with Gasteiger partial charge < -0.3 is 9.73 Å². The molecule has 4 rings (SSSR count). The van der Waals surface area contributed by atoms with Crippen LogP contribution in [0.2, 0.25) is 0 Å². The van der Waals surface area contributed by atoms with Crippen molar-refractivity contribution in [2.45, 2.75) is 66.1 Å². The highest BCUT2D eigenvalue weighted by Gasteiger charge is 2.37. The maximum absolute atomic E-state index is 14.1. The molecule has 1 atom stereocenters. The number of furan rings is 1. The summed E-state index contributed by atoms with van der Waals surface area (Å²) in [6, 6.07) is 15.8. The van der Waals surface area contributed by atoms with Crippen LogP contribution in [0.5, 0.6) is 0 Å². The van der Waals surface area contributed by atoms with Crippen molar-refractivity contribution in [1.82, 2.24) is 20.3 Å². The molecule has 0 fully saturated rings. The number of rotatable bonds is 8. The smallest absolute Gasteiger partial charge is 0.251 e. The summed E-state index contributed by atoms with van der Waals surface area (Å²) in [5.41, 5.74) is 3.56. The number of carbonyl (C=O) groups excluding carboxylic acids is 2. The first-order chi connectivity index (χ1) is 17.1. The average molecular weight is 488 g/mol. The van der Waals surface area contributed by atoms with Crippen LogP contribution < -0.4 is 10.2 Å². The number of aromatic nitrogens is 3. The third kappa shape index (κ3) is 5.17. The SMILES string of the molecule is CCC(C)(C)NC(=O)C(c1ccc(C)o1)N(C(=O)Cn1nnc2ccccc21)c1ccc(C)cc1C. The van der Waals surface area contributed by atoms with Gasteiger partial charge in [0.15, 0.2) is 6.04 Å². The molecule has 1 N–H and O–H groups in total. The van der Waals surface area contributed by atoms with E-state index in [1.165, 1.54) is 4.90 Å². The van der Waals surface area contributed by atoms with Gasteiger partial charge in [0.05, 0.1) is 5.52 Å². The first-order valence-electron chi connectivity index (χ1n) is 12.2. The number of para-hydroxylation sites is 1. The minimum absolute atomic E-state index is 0.0888. The van der Waals surface area contributed by atoms with Gasteiger partial charge in [-0.15, -0.1) is 5.10 Å². The lowest BCUT2D eigenvalue weighted by Gasteiger charge is -2.34.